The number of rotatable bonds is 19. The van der Waals surface area contributed by atoms with Crippen LogP contribution < -0.4 is 31.9 Å². The maximum atomic E-state index is 15.0. The first-order chi connectivity index (χ1) is 41.9. The molecule has 0 spiro atoms. The third kappa shape index (κ3) is 18.8. The van der Waals surface area contributed by atoms with E-state index in [1.165, 1.54) is 55.1 Å². The number of nitrogens with one attached hydrogen (secondary N) is 6. The van der Waals surface area contributed by atoms with Crippen molar-refractivity contribution < 1.29 is 57.4 Å². The van der Waals surface area contributed by atoms with E-state index in [0.29, 0.717) is 12.8 Å². The zero-order valence-corrected chi connectivity index (χ0v) is 55.9. The molecule has 6 N–H and O–H groups in total. The van der Waals surface area contributed by atoms with Crippen LogP contribution in [0, 0.1) is 17.8 Å². The van der Waals surface area contributed by atoms with Gasteiger partial charge >= 0.3 is 12.2 Å². The molecule has 2 aliphatic heterocycles. The van der Waals surface area contributed by atoms with Crippen LogP contribution in [0.5, 0.6) is 0 Å². The molecular formula is C68H98N10O12. The molecule has 90 heavy (non-hydrogen) atoms. The van der Waals surface area contributed by atoms with Crippen LogP contribution in [0.2, 0.25) is 0 Å². The lowest BCUT2D eigenvalue weighted by Gasteiger charge is -2.37. The zero-order valence-electron chi connectivity index (χ0n) is 55.9. The molecule has 0 bridgehead atoms. The minimum Gasteiger partial charge on any atom is -0.444 e. The van der Waals surface area contributed by atoms with Gasteiger partial charge in [-0.2, -0.15) is 0 Å². The largest absolute Gasteiger partial charge is 0.444 e. The molecular weight excluding hydrogens is 1150 g/mol. The molecule has 3 aromatic carbocycles. The standard InChI is InChI=1S/C68H98N10O12/c1-18-24-49(47-28-21-19-25-40(47)2)71-59(83)51-35-45(37-77(51)61(85)54(65(4,5)6)73-53(79)39-75(16)63(87)89-67(10,11)12)69-57(81)43-31-33-44(34-32-43)58(82)70-46-36-52(60(84)72-50-30-23-27-42-26-20-22-29-48(42)50)78(38-46)62(86)55(66(7,8)9)74-56(80)41(3)76(17)64(88)90-68(13,14)15/h19-22,25-26,28-29,31-34,41,45-46,49-52,54-55H,18,23-24,27,30,35-39H2,1-17H3,(H,69,81)(H,70,82)(H,71,83)(H,72,84)(H,73,79)(H,74,80)/t41-,45-,46-,49+,50+,51-,52-,54+,55+/m0/s1. The Morgan fingerprint density at radius 3 is 1.61 bits per heavy atom. The summed E-state index contributed by atoms with van der Waals surface area (Å²) in [5.41, 5.74) is 0.976. The highest BCUT2D eigenvalue weighted by Gasteiger charge is 2.48. The molecule has 0 radical (unpaired) electrons. The van der Waals surface area contributed by atoms with Gasteiger partial charge < -0.3 is 56.1 Å². The topological polar surface area (TPSA) is 274 Å². The van der Waals surface area contributed by atoms with Crippen molar-refractivity contribution >= 4 is 59.4 Å². The summed E-state index contributed by atoms with van der Waals surface area (Å²) in [4.78, 5) is 146. The van der Waals surface area contributed by atoms with Gasteiger partial charge in [0.05, 0.1) is 12.1 Å². The summed E-state index contributed by atoms with van der Waals surface area (Å²) >= 11 is 0. The number of hydrogen-bond acceptors (Lipinski definition) is 12. The first-order valence-corrected chi connectivity index (χ1v) is 31.4. The Morgan fingerprint density at radius 1 is 0.611 bits per heavy atom. The molecule has 9 atom stereocenters. The SMILES string of the molecule is CCC[C@@H](NC(=O)[C@@H]1C[C@H](NC(=O)c2ccc(C(=O)N[C@H]3C[C@@H](C(=O)N[C@@H]4CCCc5ccccc54)N(C(=O)[C@@H](NC(=O)[C@H](C)N(C)C(=O)OC(C)(C)C)C(C)(C)C)C3)cc2)CN1C(=O)[C@@H](NC(=O)CN(C)C(=O)OC(C)(C)C)C(C)(C)C)c1ccccc1C. The minimum absolute atomic E-state index is 0.0317. The van der Waals surface area contributed by atoms with Gasteiger partial charge in [0.2, 0.25) is 35.4 Å². The van der Waals surface area contributed by atoms with Crippen molar-refractivity contribution in [2.75, 3.05) is 33.7 Å². The monoisotopic (exact) mass is 1250 g/mol. The van der Waals surface area contributed by atoms with Crippen LogP contribution in [0.15, 0.2) is 72.8 Å². The number of carbonyl (C=O) groups is 10. The second kappa shape index (κ2) is 29.3. The predicted molar refractivity (Wildman–Crippen MR) is 342 cm³/mol. The van der Waals surface area contributed by atoms with E-state index in [1.54, 1.807) is 83.1 Å². The average Bonchev–Trinajstić information content (AvgIpc) is 1.61. The molecule has 22 nitrogen and oxygen atoms in total. The number of amides is 10. The number of carbonyl (C=O) groups excluding carboxylic acids is 10. The molecule has 2 heterocycles. The molecule has 0 saturated carbocycles. The van der Waals surface area contributed by atoms with E-state index >= 15 is 4.79 Å². The third-order valence-corrected chi connectivity index (χ3v) is 16.5. The van der Waals surface area contributed by atoms with Gasteiger partial charge in [-0.3, -0.25) is 43.3 Å². The summed E-state index contributed by atoms with van der Waals surface area (Å²) in [6, 6.07) is 13.9. The number of hydrogen-bond donors (Lipinski definition) is 6. The fraction of sp³-hybridized carbons (Fsp3) is 0.588. The summed E-state index contributed by atoms with van der Waals surface area (Å²) in [6.45, 7) is 25.9. The van der Waals surface area contributed by atoms with Crippen LogP contribution in [-0.4, -0.2) is 166 Å². The van der Waals surface area contributed by atoms with Crippen LogP contribution in [0.4, 0.5) is 9.59 Å². The second-order valence-corrected chi connectivity index (χ2v) is 28.5. The number of aryl methyl sites for hydroxylation is 2. The molecule has 10 amide bonds. The van der Waals surface area contributed by atoms with Gasteiger partial charge in [-0.1, -0.05) is 103 Å². The maximum Gasteiger partial charge on any atom is 0.410 e. The fourth-order valence-corrected chi connectivity index (χ4v) is 11.6. The number of nitrogens with zero attached hydrogens (tertiary/aromatic N) is 4. The first kappa shape index (κ1) is 71.0. The number of likely N-dealkylation sites (N-methyl/N-ethyl adjacent to an activating group) is 2. The molecule has 3 aliphatic rings. The third-order valence-electron chi connectivity index (χ3n) is 16.5. The highest BCUT2D eigenvalue weighted by Crippen LogP contribution is 2.33. The van der Waals surface area contributed by atoms with E-state index in [0.717, 1.165) is 51.3 Å². The summed E-state index contributed by atoms with van der Waals surface area (Å²) in [5.74, 6) is -4.28. The Labute approximate surface area is 531 Å². The minimum atomic E-state index is -1.17. The van der Waals surface area contributed by atoms with Gasteiger partial charge in [-0.05, 0) is 151 Å². The molecule has 492 valence electrons. The average molecular weight is 1250 g/mol. The Bertz CT molecular complexity index is 3090. The quantitative estimate of drug-likeness (QED) is 0.0684. The van der Waals surface area contributed by atoms with Crippen molar-refractivity contribution in [3.05, 3.63) is 106 Å². The van der Waals surface area contributed by atoms with Crippen LogP contribution >= 0.6 is 0 Å². The van der Waals surface area contributed by atoms with Crippen molar-refractivity contribution in [2.24, 2.45) is 10.8 Å². The molecule has 2 fully saturated rings. The van der Waals surface area contributed by atoms with Crippen LogP contribution in [0.3, 0.4) is 0 Å². The number of likely N-dealkylation sites (tertiary alicyclic amines) is 2. The van der Waals surface area contributed by atoms with Crippen molar-refractivity contribution in [2.45, 2.75) is 214 Å². The van der Waals surface area contributed by atoms with Gasteiger partial charge in [-0.25, -0.2) is 9.59 Å². The molecule has 6 rings (SSSR count). The lowest BCUT2D eigenvalue weighted by Crippen LogP contribution is -2.60. The van der Waals surface area contributed by atoms with E-state index < -0.39 is 130 Å². The van der Waals surface area contributed by atoms with Crippen molar-refractivity contribution in [1.82, 2.24) is 51.5 Å². The van der Waals surface area contributed by atoms with Crippen molar-refractivity contribution in [1.29, 1.82) is 0 Å². The van der Waals surface area contributed by atoms with Crippen molar-refractivity contribution in [3.8, 4) is 0 Å². The lowest BCUT2D eigenvalue weighted by molar-refractivity contribution is -0.144. The molecule has 3 aromatic rings. The highest BCUT2D eigenvalue weighted by atomic mass is 16.6. The molecule has 0 aromatic heterocycles. The highest BCUT2D eigenvalue weighted by molar-refractivity contribution is 6.00. The van der Waals surface area contributed by atoms with Gasteiger partial charge in [0.25, 0.3) is 11.8 Å². The predicted octanol–water partition coefficient (Wildman–Crippen LogP) is 7.43. The van der Waals surface area contributed by atoms with Crippen LogP contribution in [0.25, 0.3) is 0 Å². The van der Waals surface area contributed by atoms with Gasteiger partial charge in [0.1, 0.15) is 48.0 Å². The fourth-order valence-electron chi connectivity index (χ4n) is 11.6. The molecule has 0 unspecified atom stereocenters. The van der Waals surface area contributed by atoms with Gasteiger partial charge in [-0.15, -0.1) is 0 Å². The number of benzene rings is 3. The Hall–Kier alpha value is -8.04. The summed E-state index contributed by atoms with van der Waals surface area (Å²) in [7, 11) is 2.85. The molecule has 2 saturated heterocycles. The maximum absolute atomic E-state index is 15.0. The summed E-state index contributed by atoms with van der Waals surface area (Å²) < 4.78 is 10.9. The second-order valence-electron chi connectivity index (χ2n) is 28.5. The van der Waals surface area contributed by atoms with Crippen LogP contribution in [-0.2, 0) is 44.7 Å². The van der Waals surface area contributed by atoms with Crippen LogP contribution in [0.1, 0.15) is 191 Å². The van der Waals surface area contributed by atoms with Gasteiger partial charge in [0, 0.05) is 50.4 Å². The summed E-state index contributed by atoms with van der Waals surface area (Å²) in [6.07, 6.45) is 2.38. The van der Waals surface area contributed by atoms with Gasteiger partial charge in [0.15, 0.2) is 0 Å². The number of ether oxygens (including phenoxy) is 2. The number of fused-ring (bicyclic) bond motifs is 1. The van der Waals surface area contributed by atoms with E-state index in [2.05, 4.69) is 31.9 Å². The Kier molecular flexibility index (Phi) is 23.1. The smallest absolute Gasteiger partial charge is 0.410 e. The summed E-state index contributed by atoms with van der Waals surface area (Å²) in [5, 5.41) is 18.1. The Morgan fingerprint density at radius 2 is 1.10 bits per heavy atom. The zero-order chi connectivity index (χ0) is 67.0. The van der Waals surface area contributed by atoms with E-state index in [9.17, 15) is 43.2 Å². The van der Waals surface area contributed by atoms with E-state index in [-0.39, 0.29) is 49.1 Å². The first-order valence-electron chi connectivity index (χ1n) is 31.4. The van der Waals surface area contributed by atoms with Crippen molar-refractivity contribution in [3.63, 3.8) is 0 Å². The molecule has 1 aliphatic carbocycles. The van der Waals surface area contributed by atoms with E-state index in [1.807, 2.05) is 62.4 Å². The Balaban J connectivity index is 1.20. The molecule has 22 heteroatoms. The van der Waals surface area contributed by atoms with E-state index in [4.69, 9.17) is 9.47 Å². The lowest BCUT2D eigenvalue weighted by atomic mass is 9.85. The normalized spacial score (nSPS) is 19.8.